The highest BCUT2D eigenvalue weighted by molar-refractivity contribution is 7.09. The van der Waals surface area contributed by atoms with Crippen LogP contribution in [0.25, 0.3) is 10.9 Å². The average molecular weight is 378 g/mol. The number of H-pyrrole nitrogens is 1. The lowest BCUT2D eigenvalue weighted by Gasteiger charge is -2.09. The van der Waals surface area contributed by atoms with Crippen molar-refractivity contribution in [3.8, 4) is 0 Å². The quantitative estimate of drug-likeness (QED) is 0.631. The Morgan fingerprint density at radius 3 is 2.80 bits per heavy atom. The molecule has 1 aromatic carbocycles. The second kappa shape index (κ2) is 7.04. The molecule has 0 aliphatic carbocycles. The van der Waals surface area contributed by atoms with E-state index in [0.717, 1.165) is 5.01 Å². The number of carboxylic acids is 1. The predicted molar refractivity (Wildman–Crippen MR) is 94.2 cm³/mol. The number of hydrogen-bond acceptors (Lipinski definition) is 5. The molecule has 128 valence electrons. The molecule has 9 heteroatoms. The van der Waals surface area contributed by atoms with Gasteiger partial charge in [0.2, 0.25) is 5.91 Å². The first-order chi connectivity index (χ1) is 11.9. The molecule has 25 heavy (non-hydrogen) atoms. The fraction of sp³-hybridized carbons (Fsp3) is 0.125. The minimum absolute atomic E-state index is 0.00913. The molecule has 0 aliphatic rings. The van der Waals surface area contributed by atoms with Crippen molar-refractivity contribution in [3.63, 3.8) is 0 Å². The molecule has 1 amide bonds. The van der Waals surface area contributed by atoms with Crippen molar-refractivity contribution >= 4 is 45.7 Å². The number of nitrogens with one attached hydrogen (secondary N) is 2. The summed E-state index contributed by atoms with van der Waals surface area (Å²) in [6.45, 7) is 0.314. The second-order valence-electron chi connectivity index (χ2n) is 5.23. The summed E-state index contributed by atoms with van der Waals surface area (Å²) in [6, 6.07) is 4.36. The van der Waals surface area contributed by atoms with Crippen LogP contribution >= 0.6 is 22.9 Å². The summed E-state index contributed by atoms with van der Waals surface area (Å²) in [7, 11) is 0. The van der Waals surface area contributed by atoms with Crippen LogP contribution in [0.15, 0.2) is 34.6 Å². The number of nitrogens with zero attached hydrogens (tertiary/aromatic N) is 1. The molecule has 3 rings (SSSR count). The number of carbonyl (C=O) groups excluding carboxylic acids is 1. The van der Waals surface area contributed by atoms with Crippen molar-refractivity contribution in [1.29, 1.82) is 0 Å². The number of aromatic amines is 1. The van der Waals surface area contributed by atoms with Crippen molar-refractivity contribution in [2.45, 2.75) is 13.0 Å². The van der Waals surface area contributed by atoms with Gasteiger partial charge in [0.25, 0.3) is 5.56 Å². The van der Waals surface area contributed by atoms with Crippen LogP contribution in [0.5, 0.6) is 0 Å². The molecule has 3 aromatic rings. The Hall–Kier alpha value is -2.71. The maximum absolute atomic E-state index is 12.2. The Morgan fingerprint density at radius 1 is 1.32 bits per heavy atom. The van der Waals surface area contributed by atoms with Gasteiger partial charge in [-0.3, -0.25) is 9.59 Å². The molecule has 0 aliphatic heterocycles. The molecule has 0 saturated carbocycles. The van der Waals surface area contributed by atoms with Crippen LogP contribution in [0.1, 0.15) is 20.9 Å². The molecule has 2 heterocycles. The average Bonchev–Trinajstić information content (AvgIpc) is 3.06. The number of benzene rings is 1. The fourth-order valence-electron chi connectivity index (χ4n) is 2.40. The largest absolute Gasteiger partial charge is 0.477 e. The number of thiazole rings is 1. The van der Waals surface area contributed by atoms with E-state index in [1.54, 1.807) is 12.3 Å². The molecule has 3 N–H and O–H groups in total. The summed E-state index contributed by atoms with van der Waals surface area (Å²) in [5, 5.41) is 15.2. The Balaban J connectivity index is 1.90. The van der Waals surface area contributed by atoms with Crippen LogP contribution in [-0.2, 0) is 17.8 Å². The summed E-state index contributed by atoms with van der Waals surface area (Å²) in [6.07, 6.45) is 1.65. The Labute approximate surface area is 150 Å². The van der Waals surface area contributed by atoms with Crippen LogP contribution in [0.4, 0.5) is 0 Å². The van der Waals surface area contributed by atoms with Gasteiger partial charge in [0.15, 0.2) is 0 Å². The Morgan fingerprint density at radius 2 is 2.12 bits per heavy atom. The Kier molecular flexibility index (Phi) is 4.82. The van der Waals surface area contributed by atoms with Crippen LogP contribution in [0, 0.1) is 0 Å². The number of carboxylic acid groups (broad SMARTS) is 1. The van der Waals surface area contributed by atoms with Gasteiger partial charge >= 0.3 is 5.97 Å². The van der Waals surface area contributed by atoms with Gasteiger partial charge in [0.05, 0.1) is 18.5 Å². The summed E-state index contributed by atoms with van der Waals surface area (Å²) in [5.41, 5.74) is -0.210. The van der Waals surface area contributed by atoms with Gasteiger partial charge in [-0.05, 0) is 23.8 Å². The monoisotopic (exact) mass is 377 g/mol. The highest BCUT2D eigenvalue weighted by Gasteiger charge is 2.14. The van der Waals surface area contributed by atoms with Gasteiger partial charge < -0.3 is 15.4 Å². The zero-order valence-corrected chi connectivity index (χ0v) is 14.3. The third kappa shape index (κ3) is 3.86. The van der Waals surface area contributed by atoms with E-state index in [1.807, 2.05) is 5.38 Å². The van der Waals surface area contributed by atoms with E-state index in [2.05, 4.69) is 15.3 Å². The molecule has 2 aromatic heterocycles. The zero-order valence-electron chi connectivity index (χ0n) is 12.7. The fourth-order valence-corrected chi connectivity index (χ4v) is 3.21. The van der Waals surface area contributed by atoms with Crippen molar-refractivity contribution in [1.82, 2.24) is 15.3 Å². The first-order valence-electron chi connectivity index (χ1n) is 7.18. The first kappa shape index (κ1) is 17.1. The topological polar surface area (TPSA) is 112 Å². The molecule has 7 nitrogen and oxygen atoms in total. The van der Waals surface area contributed by atoms with E-state index in [4.69, 9.17) is 16.7 Å². The van der Waals surface area contributed by atoms with Crippen LogP contribution in [-0.4, -0.2) is 27.0 Å². The molecule has 0 atom stereocenters. The van der Waals surface area contributed by atoms with Gasteiger partial charge in [0.1, 0.15) is 10.6 Å². The molecule has 0 radical (unpaired) electrons. The molecule has 0 bridgehead atoms. The van der Waals surface area contributed by atoms with Gasteiger partial charge in [-0.15, -0.1) is 11.3 Å². The predicted octanol–water partition coefficient (Wildman–Crippen LogP) is 2.20. The number of rotatable bonds is 5. The smallest absolute Gasteiger partial charge is 0.341 e. The number of aromatic carboxylic acids is 1. The highest BCUT2D eigenvalue weighted by Crippen LogP contribution is 2.23. The molecule has 0 unspecified atom stereocenters. The van der Waals surface area contributed by atoms with Gasteiger partial charge in [-0.2, -0.15) is 0 Å². The lowest BCUT2D eigenvalue weighted by Crippen LogP contribution is -2.25. The zero-order chi connectivity index (χ0) is 18.0. The normalized spacial score (nSPS) is 10.8. The molecule has 0 saturated heterocycles. The standard InChI is InChI=1S/C16H12ClN3O4S/c17-10-3-8-5-11(16(23)24)15(22)20-14(8)9(4-10)6-12(21)19-7-13-18-1-2-25-13/h1-5H,6-7H2,(H,19,21)(H,20,22)(H,23,24). The summed E-state index contributed by atoms with van der Waals surface area (Å²) in [5.74, 6) is -1.59. The second-order valence-corrected chi connectivity index (χ2v) is 6.64. The van der Waals surface area contributed by atoms with Crippen LogP contribution < -0.4 is 10.9 Å². The van der Waals surface area contributed by atoms with E-state index in [1.165, 1.54) is 23.5 Å². The molecule has 0 spiro atoms. The number of halogens is 1. The third-order valence-corrected chi connectivity index (χ3v) is 4.50. The number of pyridine rings is 1. The van der Waals surface area contributed by atoms with Gasteiger partial charge in [-0.25, -0.2) is 9.78 Å². The minimum Gasteiger partial charge on any atom is -0.477 e. The third-order valence-electron chi connectivity index (χ3n) is 3.50. The lowest BCUT2D eigenvalue weighted by molar-refractivity contribution is -0.120. The lowest BCUT2D eigenvalue weighted by atomic mass is 10.0. The van der Waals surface area contributed by atoms with E-state index < -0.39 is 11.5 Å². The van der Waals surface area contributed by atoms with Crippen molar-refractivity contribution < 1.29 is 14.7 Å². The molecule has 0 fully saturated rings. The summed E-state index contributed by atoms with van der Waals surface area (Å²) >= 11 is 7.49. The summed E-state index contributed by atoms with van der Waals surface area (Å²) < 4.78 is 0. The van der Waals surface area contributed by atoms with Gasteiger partial charge in [-0.1, -0.05) is 11.6 Å². The molecular formula is C16H12ClN3O4S. The van der Waals surface area contributed by atoms with Crippen LogP contribution in [0.2, 0.25) is 5.02 Å². The van der Waals surface area contributed by atoms with E-state index in [-0.39, 0.29) is 17.9 Å². The Bertz CT molecular complexity index is 1010. The SMILES string of the molecule is O=C(Cc1cc(Cl)cc2cc(C(=O)O)c(=O)[nH]c12)NCc1nccs1. The maximum atomic E-state index is 12.2. The number of amides is 1. The van der Waals surface area contributed by atoms with Crippen LogP contribution in [0.3, 0.4) is 0 Å². The van der Waals surface area contributed by atoms with Crippen molar-refractivity contribution in [2.75, 3.05) is 0 Å². The highest BCUT2D eigenvalue weighted by atomic mass is 35.5. The number of fused-ring (bicyclic) bond motifs is 1. The maximum Gasteiger partial charge on any atom is 0.341 e. The van der Waals surface area contributed by atoms with E-state index >= 15 is 0 Å². The first-order valence-corrected chi connectivity index (χ1v) is 8.43. The minimum atomic E-state index is -1.33. The number of carbonyl (C=O) groups is 2. The van der Waals surface area contributed by atoms with Crippen molar-refractivity contribution in [2.24, 2.45) is 0 Å². The number of aromatic nitrogens is 2. The van der Waals surface area contributed by atoms with Crippen molar-refractivity contribution in [3.05, 3.63) is 61.3 Å². The van der Waals surface area contributed by atoms with E-state index in [0.29, 0.717) is 28.0 Å². The number of hydrogen-bond donors (Lipinski definition) is 3. The summed E-state index contributed by atoms with van der Waals surface area (Å²) in [4.78, 5) is 41.8. The molecular weight excluding hydrogens is 366 g/mol. The van der Waals surface area contributed by atoms with Gasteiger partial charge in [0, 0.05) is 22.0 Å². The van der Waals surface area contributed by atoms with E-state index in [9.17, 15) is 14.4 Å².